The number of methoxy groups -OCH3 is 1. The normalized spacial score (nSPS) is 12.6. The Labute approximate surface area is 167 Å². The lowest BCUT2D eigenvalue weighted by Crippen LogP contribution is -2.49. The fourth-order valence-electron chi connectivity index (χ4n) is 2.68. The van der Waals surface area contributed by atoms with Gasteiger partial charge in [0.2, 0.25) is 15.9 Å². The maximum absolute atomic E-state index is 12.6. The number of sulfonamides is 1. The summed E-state index contributed by atoms with van der Waals surface area (Å²) in [7, 11) is -2.17. The van der Waals surface area contributed by atoms with E-state index >= 15 is 0 Å². The molecule has 2 aromatic rings. The summed E-state index contributed by atoms with van der Waals surface area (Å²) in [4.78, 5) is 12.7. The molecule has 0 fully saturated rings. The molecule has 0 aliphatic carbocycles. The lowest BCUT2D eigenvalue weighted by atomic mass is 10.0. The summed E-state index contributed by atoms with van der Waals surface area (Å²) < 4.78 is 32.9. The minimum Gasteiger partial charge on any atom is -0.497 e. The zero-order chi connectivity index (χ0) is 20.7. The van der Waals surface area contributed by atoms with Crippen LogP contribution in [0.2, 0.25) is 0 Å². The Balaban J connectivity index is 1.98. The van der Waals surface area contributed by atoms with E-state index in [4.69, 9.17) is 4.74 Å². The van der Waals surface area contributed by atoms with E-state index in [1.165, 1.54) is 12.1 Å². The van der Waals surface area contributed by atoms with Gasteiger partial charge in [0.1, 0.15) is 11.8 Å². The quantitative estimate of drug-likeness (QED) is 0.673. The molecule has 0 aromatic heterocycles. The van der Waals surface area contributed by atoms with Crippen LogP contribution in [0, 0.1) is 12.8 Å². The Bertz CT molecular complexity index is 876. The van der Waals surface area contributed by atoms with Gasteiger partial charge in [0.05, 0.1) is 12.0 Å². The van der Waals surface area contributed by atoms with Gasteiger partial charge in [-0.25, -0.2) is 8.42 Å². The summed E-state index contributed by atoms with van der Waals surface area (Å²) in [5.41, 5.74) is 2.03. The van der Waals surface area contributed by atoms with E-state index in [0.717, 1.165) is 16.9 Å². The number of aryl methyl sites for hydroxylation is 1. The van der Waals surface area contributed by atoms with Crippen molar-refractivity contribution in [2.45, 2.75) is 38.1 Å². The molecule has 0 saturated carbocycles. The molecule has 6 nitrogen and oxygen atoms in total. The monoisotopic (exact) mass is 404 g/mol. The molecule has 2 rings (SSSR count). The molecule has 152 valence electrons. The van der Waals surface area contributed by atoms with Gasteiger partial charge < -0.3 is 10.1 Å². The fraction of sp³-hybridized carbons (Fsp3) is 0.381. The number of rotatable bonds is 9. The van der Waals surface area contributed by atoms with Crippen molar-refractivity contribution in [1.82, 2.24) is 10.0 Å². The Kier molecular flexibility index (Phi) is 7.60. The molecule has 2 aromatic carbocycles. The van der Waals surface area contributed by atoms with Crippen LogP contribution in [0.15, 0.2) is 53.4 Å². The molecule has 0 bridgehead atoms. The van der Waals surface area contributed by atoms with E-state index in [9.17, 15) is 13.2 Å². The number of hydrogen-bond donors (Lipinski definition) is 2. The highest BCUT2D eigenvalue weighted by Gasteiger charge is 2.28. The van der Waals surface area contributed by atoms with Gasteiger partial charge >= 0.3 is 0 Å². The van der Waals surface area contributed by atoms with Crippen molar-refractivity contribution in [2.24, 2.45) is 5.92 Å². The Morgan fingerprint density at radius 2 is 1.64 bits per heavy atom. The first kappa shape index (κ1) is 21.9. The average Bonchev–Trinajstić information content (AvgIpc) is 2.66. The Morgan fingerprint density at radius 1 is 1.04 bits per heavy atom. The second kappa shape index (κ2) is 9.71. The second-order valence-electron chi connectivity index (χ2n) is 7.05. The van der Waals surface area contributed by atoms with Gasteiger partial charge in [-0.3, -0.25) is 4.79 Å². The van der Waals surface area contributed by atoms with Crippen molar-refractivity contribution in [3.63, 3.8) is 0 Å². The molecule has 0 heterocycles. The largest absolute Gasteiger partial charge is 0.497 e. The van der Waals surface area contributed by atoms with Gasteiger partial charge in [0.25, 0.3) is 0 Å². The molecule has 1 amide bonds. The minimum atomic E-state index is -3.78. The maximum Gasteiger partial charge on any atom is 0.241 e. The van der Waals surface area contributed by atoms with Crippen LogP contribution >= 0.6 is 0 Å². The number of amides is 1. The molecule has 1 atom stereocenters. The highest BCUT2D eigenvalue weighted by molar-refractivity contribution is 7.89. The third-order valence-electron chi connectivity index (χ3n) is 4.43. The number of carbonyl (C=O) groups is 1. The van der Waals surface area contributed by atoms with Crippen molar-refractivity contribution >= 4 is 15.9 Å². The van der Waals surface area contributed by atoms with Crippen molar-refractivity contribution in [3.8, 4) is 5.75 Å². The Hall–Kier alpha value is -2.38. The first-order chi connectivity index (χ1) is 13.2. The van der Waals surface area contributed by atoms with E-state index in [1.54, 1.807) is 19.2 Å². The zero-order valence-corrected chi connectivity index (χ0v) is 17.5. The van der Waals surface area contributed by atoms with E-state index in [0.29, 0.717) is 13.0 Å². The topological polar surface area (TPSA) is 84.5 Å². The number of benzene rings is 2. The fourth-order valence-corrected chi connectivity index (χ4v) is 4.02. The summed E-state index contributed by atoms with van der Waals surface area (Å²) in [6.45, 7) is 5.93. The highest BCUT2D eigenvalue weighted by Crippen LogP contribution is 2.14. The molecule has 0 saturated heterocycles. The highest BCUT2D eigenvalue weighted by atomic mass is 32.2. The minimum absolute atomic E-state index is 0.148. The first-order valence-corrected chi connectivity index (χ1v) is 10.7. The molecular formula is C21H28N2O4S. The standard InChI is InChI=1S/C21H28N2O4S/c1-15(2)20(23-28(25,26)19-11-5-16(3)6-12-19)21(24)22-14-13-17-7-9-18(27-4)10-8-17/h5-12,15,20,23H,13-14H2,1-4H3,(H,22,24)/t20-/m0/s1. The first-order valence-electron chi connectivity index (χ1n) is 9.22. The predicted octanol–water partition coefficient (Wildman–Crippen LogP) is 2.67. The second-order valence-corrected chi connectivity index (χ2v) is 8.76. The number of carbonyl (C=O) groups excluding carboxylic acids is 1. The third kappa shape index (κ3) is 6.07. The van der Waals surface area contributed by atoms with Crippen LogP contribution in [0.25, 0.3) is 0 Å². The summed E-state index contributed by atoms with van der Waals surface area (Å²) in [5, 5.41) is 2.83. The number of nitrogens with one attached hydrogen (secondary N) is 2. The van der Waals surface area contributed by atoms with Crippen molar-refractivity contribution < 1.29 is 17.9 Å². The van der Waals surface area contributed by atoms with Gasteiger partial charge in [-0.2, -0.15) is 4.72 Å². The molecule has 0 spiro atoms. The van der Waals surface area contributed by atoms with Gasteiger partial charge in [-0.1, -0.05) is 43.7 Å². The molecule has 0 aliphatic heterocycles. The van der Waals surface area contributed by atoms with Crippen LogP contribution < -0.4 is 14.8 Å². The van der Waals surface area contributed by atoms with Crippen LogP contribution in [0.5, 0.6) is 5.75 Å². The van der Waals surface area contributed by atoms with Crippen LogP contribution in [0.1, 0.15) is 25.0 Å². The molecule has 0 radical (unpaired) electrons. The van der Waals surface area contributed by atoms with Gasteiger partial charge in [-0.15, -0.1) is 0 Å². The zero-order valence-electron chi connectivity index (χ0n) is 16.7. The SMILES string of the molecule is COc1ccc(CCNC(=O)[C@@H](NS(=O)(=O)c2ccc(C)cc2)C(C)C)cc1. The summed E-state index contributed by atoms with van der Waals surface area (Å²) in [6.07, 6.45) is 0.644. The smallest absolute Gasteiger partial charge is 0.241 e. The summed E-state index contributed by atoms with van der Waals surface area (Å²) in [6, 6.07) is 13.3. The van der Waals surface area contributed by atoms with Crippen LogP contribution in [0.3, 0.4) is 0 Å². The molecule has 0 unspecified atom stereocenters. The molecular weight excluding hydrogens is 376 g/mol. The van der Waals surface area contributed by atoms with Gasteiger partial charge in [0, 0.05) is 6.54 Å². The molecule has 7 heteroatoms. The van der Waals surface area contributed by atoms with E-state index in [2.05, 4.69) is 10.0 Å². The lowest BCUT2D eigenvalue weighted by molar-refractivity contribution is -0.123. The van der Waals surface area contributed by atoms with Crippen LogP contribution in [-0.2, 0) is 21.2 Å². The summed E-state index contributed by atoms with van der Waals surface area (Å²) in [5.74, 6) is 0.249. The molecule has 28 heavy (non-hydrogen) atoms. The van der Waals surface area contributed by atoms with Gasteiger partial charge in [-0.05, 0) is 49.1 Å². The van der Waals surface area contributed by atoms with Crippen molar-refractivity contribution in [2.75, 3.05) is 13.7 Å². The van der Waals surface area contributed by atoms with Gasteiger partial charge in [0.15, 0.2) is 0 Å². The predicted molar refractivity (Wildman–Crippen MR) is 110 cm³/mol. The van der Waals surface area contributed by atoms with Crippen LogP contribution in [0.4, 0.5) is 0 Å². The van der Waals surface area contributed by atoms with E-state index in [1.807, 2.05) is 45.0 Å². The number of ether oxygens (including phenoxy) is 1. The molecule has 0 aliphatic rings. The summed E-state index contributed by atoms with van der Waals surface area (Å²) >= 11 is 0. The van der Waals surface area contributed by atoms with Crippen molar-refractivity contribution in [1.29, 1.82) is 0 Å². The average molecular weight is 405 g/mol. The number of hydrogen-bond acceptors (Lipinski definition) is 4. The van der Waals surface area contributed by atoms with E-state index < -0.39 is 16.1 Å². The van der Waals surface area contributed by atoms with E-state index in [-0.39, 0.29) is 16.7 Å². The van der Waals surface area contributed by atoms with Crippen molar-refractivity contribution in [3.05, 3.63) is 59.7 Å². The third-order valence-corrected chi connectivity index (χ3v) is 5.89. The lowest BCUT2D eigenvalue weighted by Gasteiger charge is -2.21. The maximum atomic E-state index is 12.6. The molecule has 2 N–H and O–H groups in total. The Morgan fingerprint density at radius 3 is 2.18 bits per heavy atom. The van der Waals surface area contributed by atoms with Crippen LogP contribution in [-0.4, -0.2) is 34.0 Å².